The molecule has 0 unspecified atom stereocenters. The average molecular weight is 775 g/mol. The first-order chi connectivity index (χ1) is 24.8. The highest BCUT2D eigenvalue weighted by Gasteiger charge is 2.51. The van der Waals surface area contributed by atoms with E-state index in [1.165, 1.54) is 4.57 Å². The summed E-state index contributed by atoms with van der Waals surface area (Å²) in [5.74, 6) is -1.91. The number of alkyl carbamates (subject to hydrolysis) is 1. The number of anilines is 1. The minimum Gasteiger partial charge on any atom is -0.457 e. The number of aromatic nitrogens is 2. The average Bonchev–Trinajstić information content (AvgIpc) is 3.39. The smallest absolute Gasteiger partial charge is 0.412 e. The maximum absolute atomic E-state index is 14.2. The largest absolute Gasteiger partial charge is 0.457 e. The van der Waals surface area contributed by atoms with Crippen LogP contribution in [0.25, 0.3) is 22.3 Å². The molecule has 1 atom stereocenters. The molecule has 2 N–H and O–H groups in total. The number of nitrogens with zero attached hydrogens (tertiary/aromatic N) is 2. The Hall–Kier alpha value is -4.93. The number of hydrogen-bond donors (Lipinski definition) is 2. The molecule has 4 heterocycles. The van der Waals surface area contributed by atoms with E-state index in [2.05, 4.69) is 10.6 Å². The molecule has 2 amide bonds. The van der Waals surface area contributed by atoms with Gasteiger partial charge in [-0.15, -0.1) is 0 Å². The summed E-state index contributed by atoms with van der Waals surface area (Å²) in [5.41, 5.74) is -2.16. The van der Waals surface area contributed by atoms with Crippen molar-refractivity contribution in [3.05, 3.63) is 51.3 Å². The number of cyclic esters (lactones) is 1. The zero-order valence-electron chi connectivity index (χ0n) is 31.8. The molecule has 0 fully saturated rings. The van der Waals surface area contributed by atoms with Crippen molar-refractivity contribution in [3.8, 4) is 11.4 Å². The van der Waals surface area contributed by atoms with Gasteiger partial charge < -0.3 is 28.8 Å². The van der Waals surface area contributed by atoms with Crippen LogP contribution >= 0.6 is 0 Å². The van der Waals surface area contributed by atoms with E-state index < -0.39 is 80.3 Å². The number of rotatable bonds is 8. The zero-order chi connectivity index (χ0) is 40.2. The van der Waals surface area contributed by atoms with Crippen LogP contribution in [0, 0.1) is 0 Å². The van der Waals surface area contributed by atoms with Gasteiger partial charge in [0.15, 0.2) is 0 Å². The molecule has 54 heavy (non-hydrogen) atoms. The number of fused-ring (bicyclic) bond motifs is 5. The predicted octanol–water partition coefficient (Wildman–Crippen LogP) is 6.37. The number of alkyl halides is 3. The minimum absolute atomic E-state index is 0.0338. The molecule has 0 aliphatic carbocycles. The molecule has 2 aliphatic heterocycles. The van der Waals surface area contributed by atoms with Gasteiger partial charge in [0.2, 0.25) is 5.60 Å². The van der Waals surface area contributed by atoms with Crippen molar-refractivity contribution in [2.24, 2.45) is 0 Å². The molecule has 0 spiro atoms. The topological polar surface area (TPSA) is 164 Å². The summed E-state index contributed by atoms with van der Waals surface area (Å²) >= 11 is 0. The van der Waals surface area contributed by atoms with Gasteiger partial charge in [-0.25, -0.2) is 19.4 Å². The maximum Gasteiger partial charge on any atom is 0.412 e. The number of hydrogen-bond acceptors (Lipinski definition) is 10. The fraction of sp³-hybridized carbons (Fsp3) is 0.514. The fourth-order valence-electron chi connectivity index (χ4n) is 6.78. The van der Waals surface area contributed by atoms with Gasteiger partial charge in [0.25, 0.3) is 5.56 Å². The Morgan fingerprint density at radius 1 is 0.981 bits per heavy atom. The Morgan fingerprint density at radius 2 is 1.63 bits per heavy atom. The fourth-order valence-corrected chi connectivity index (χ4v) is 9.88. The quantitative estimate of drug-likeness (QED) is 0.117. The molecule has 0 bridgehead atoms. The number of nitrogens with one attached hydrogen (secondary N) is 2. The summed E-state index contributed by atoms with van der Waals surface area (Å²) in [6.07, 6.45) is -7.15. The Kier molecular flexibility index (Phi) is 10.5. The van der Waals surface area contributed by atoms with Gasteiger partial charge in [0, 0.05) is 23.1 Å². The van der Waals surface area contributed by atoms with E-state index in [0.29, 0.717) is 33.0 Å². The van der Waals surface area contributed by atoms with Crippen LogP contribution in [0.15, 0.2) is 29.1 Å². The molecule has 2 aromatic heterocycles. The molecule has 13 nitrogen and oxygen atoms in total. The Bertz CT molecular complexity index is 2100. The van der Waals surface area contributed by atoms with Gasteiger partial charge in [-0.2, -0.15) is 13.2 Å². The first-order valence-corrected chi connectivity index (χ1v) is 20.7. The highest BCUT2D eigenvalue weighted by Crippen LogP contribution is 2.42. The lowest BCUT2D eigenvalue weighted by molar-refractivity contribution is -0.188. The van der Waals surface area contributed by atoms with Gasteiger partial charge in [-0.3, -0.25) is 14.9 Å². The van der Waals surface area contributed by atoms with Crippen LogP contribution in [0.2, 0.25) is 19.1 Å². The van der Waals surface area contributed by atoms with E-state index in [0.717, 1.165) is 0 Å². The van der Waals surface area contributed by atoms with Crippen LogP contribution in [-0.2, 0) is 47.3 Å². The number of carbonyl (C=O) groups excluding carboxylic acids is 4. The minimum atomic E-state index is -4.41. The van der Waals surface area contributed by atoms with Crippen molar-refractivity contribution in [2.75, 3.05) is 11.9 Å². The lowest BCUT2D eigenvalue weighted by Crippen LogP contribution is -2.49. The summed E-state index contributed by atoms with van der Waals surface area (Å²) in [6, 6.07) is 6.26. The Morgan fingerprint density at radius 3 is 2.24 bits per heavy atom. The number of benzene rings is 1. The lowest BCUT2D eigenvalue weighted by atomic mass is 9.85. The van der Waals surface area contributed by atoms with Gasteiger partial charge in [-0.1, -0.05) is 20.0 Å². The normalized spacial score (nSPS) is 16.9. The number of halogens is 3. The highest BCUT2D eigenvalue weighted by molar-refractivity contribution is 6.91. The monoisotopic (exact) mass is 774 g/mol. The van der Waals surface area contributed by atoms with Gasteiger partial charge in [0.1, 0.15) is 24.4 Å². The molecule has 0 radical (unpaired) electrons. The van der Waals surface area contributed by atoms with E-state index in [4.69, 9.17) is 23.9 Å². The van der Waals surface area contributed by atoms with Crippen molar-refractivity contribution in [1.29, 1.82) is 0 Å². The van der Waals surface area contributed by atoms with Gasteiger partial charge in [0.05, 0.1) is 37.1 Å². The van der Waals surface area contributed by atoms with E-state index in [1.54, 1.807) is 72.7 Å². The maximum atomic E-state index is 14.2. The summed E-state index contributed by atoms with van der Waals surface area (Å²) in [6.45, 7) is 14.2. The van der Waals surface area contributed by atoms with Crippen molar-refractivity contribution in [1.82, 2.24) is 14.9 Å². The summed E-state index contributed by atoms with van der Waals surface area (Å²) in [4.78, 5) is 70.6. The number of carbonyl (C=O) groups is 4. The first-order valence-electron chi connectivity index (χ1n) is 17.5. The number of amides is 2. The van der Waals surface area contributed by atoms with Crippen molar-refractivity contribution in [2.45, 2.75) is 117 Å². The van der Waals surface area contributed by atoms with Gasteiger partial charge in [-0.05, 0) is 89.0 Å². The van der Waals surface area contributed by atoms with E-state index in [-0.39, 0.29) is 35.8 Å². The SMILES string of the molecule is CC[C@@]1(OC(=O)CNC(=O)OC(C)(C)C)C(=O)OCc2c1cc1n(c2=O)Cc2c-1nc1ccc(NC(=O)OC(C)(C)C)cc1c2[Si](C)(C)CCC(F)(F)F. The highest BCUT2D eigenvalue weighted by atomic mass is 28.3. The molecule has 1 aromatic carbocycles. The molecule has 292 valence electrons. The molecule has 5 rings (SSSR count). The third-order valence-electron chi connectivity index (χ3n) is 9.07. The number of pyridine rings is 2. The van der Waals surface area contributed by atoms with Crippen molar-refractivity contribution in [3.63, 3.8) is 0 Å². The molecule has 0 saturated carbocycles. The second kappa shape index (κ2) is 14.0. The number of esters is 2. The van der Waals surface area contributed by atoms with E-state index in [1.807, 2.05) is 13.1 Å². The Balaban J connectivity index is 1.64. The van der Waals surface area contributed by atoms with Crippen LogP contribution < -0.4 is 21.4 Å². The Labute approximate surface area is 310 Å². The summed E-state index contributed by atoms with van der Waals surface area (Å²) in [5, 5.41) is 6.15. The molecule has 3 aromatic rings. The third-order valence-corrected chi connectivity index (χ3v) is 12.5. The predicted molar refractivity (Wildman–Crippen MR) is 195 cm³/mol. The van der Waals surface area contributed by atoms with Crippen LogP contribution in [0.4, 0.5) is 28.4 Å². The van der Waals surface area contributed by atoms with Crippen LogP contribution in [0.1, 0.15) is 78.0 Å². The van der Waals surface area contributed by atoms with Crippen LogP contribution in [-0.4, -0.2) is 65.7 Å². The van der Waals surface area contributed by atoms with Crippen LogP contribution in [0.5, 0.6) is 0 Å². The molecular weight excluding hydrogens is 730 g/mol. The lowest BCUT2D eigenvalue weighted by Gasteiger charge is -2.35. The zero-order valence-corrected chi connectivity index (χ0v) is 32.8. The third kappa shape index (κ3) is 8.40. The first kappa shape index (κ1) is 40.3. The summed E-state index contributed by atoms with van der Waals surface area (Å²) in [7, 11) is -3.01. The molecule has 0 saturated heterocycles. The van der Waals surface area contributed by atoms with Crippen LogP contribution in [0.3, 0.4) is 0 Å². The molecular formula is C37H45F3N4O9Si. The second-order valence-electron chi connectivity index (χ2n) is 16.1. The molecule has 17 heteroatoms. The van der Waals surface area contributed by atoms with E-state index in [9.17, 15) is 37.1 Å². The van der Waals surface area contributed by atoms with E-state index >= 15 is 0 Å². The number of ether oxygens (including phenoxy) is 4. The van der Waals surface area contributed by atoms with Gasteiger partial charge >= 0.3 is 30.3 Å². The molecule has 2 aliphatic rings. The standard InChI is InChI=1S/C37H45F3N4O9Si/c1-10-36(51-27(45)17-41-32(48)52-34(2,3)4)24-16-26-28-22(18-44(26)30(46)23(24)19-50-31(36)47)29(54(8,9)14-13-37(38,39)40)21-15-20(11-12-25(21)43-28)42-33(49)53-35(5,6)7/h11-12,15-16H,10,13-14,17-19H2,1-9H3,(H,41,48)(H,42,49)/t36-/m0/s1. The van der Waals surface area contributed by atoms with Crippen molar-refractivity contribution >= 4 is 54.0 Å². The second-order valence-corrected chi connectivity index (χ2v) is 20.8. The van der Waals surface area contributed by atoms with Crippen molar-refractivity contribution < 1.29 is 51.3 Å². The summed E-state index contributed by atoms with van der Waals surface area (Å²) < 4.78 is 64.1.